The number of aromatic nitrogens is 4. The molecule has 3 heterocycles. The van der Waals surface area contributed by atoms with E-state index in [9.17, 15) is 4.79 Å². The number of carbonyl (C=O) groups is 1. The molecule has 2 aliphatic rings. The van der Waals surface area contributed by atoms with Crippen molar-refractivity contribution in [3.63, 3.8) is 0 Å². The molecule has 1 atom stereocenters. The van der Waals surface area contributed by atoms with Gasteiger partial charge in [0.2, 0.25) is 5.91 Å². The minimum atomic E-state index is -0.00494. The summed E-state index contributed by atoms with van der Waals surface area (Å²) in [6, 6.07) is 1.95. The number of hydrogen-bond acceptors (Lipinski definition) is 5. The average Bonchev–Trinajstić information content (AvgIpc) is 3.26. The van der Waals surface area contributed by atoms with Crippen LogP contribution >= 0.6 is 11.6 Å². The maximum atomic E-state index is 11.9. The van der Waals surface area contributed by atoms with Gasteiger partial charge in [-0.05, 0) is 55.4 Å². The summed E-state index contributed by atoms with van der Waals surface area (Å²) in [4.78, 5) is 25.3. The standard InChI is InChI=1S/C23H25ClN6O/c1-3-21(31)29-6-8-30(9-7-29)23-16-5-4-15(10-19(16)25-13-26-23)22-14(2)18(24)11-20-17(22)12-27-28-20/h3,11-13,15H,1,4-10H2,2H3,(H,27,28)/t15-/m0/s1. The average molecular weight is 437 g/mol. The summed E-state index contributed by atoms with van der Waals surface area (Å²) in [6.07, 6.45) is 7.77. The lowest BCUT2D eigenvalue weighted by Crippen LogP contribution is -2.49. The van der Waals surface area contributed by atoms with E-state index >= 15 is 0 Å². The molecule has 31 heavy (non-hydrogen) atoms. The number of H-pyrrole nitrogens is 1. The second kappa shape index (κ2) is 7.96. The van der Waals surface area contributed by atoms with Crippen LogP contribution in [0.3, 0.4) is 0 Å². The van der Waals surface area contributed by atoms with Crippen molar-refractivity contribution in [3.05, 3.63) is 58.7 Å². The number of fused-ring (bicyclic) bond motifs is 2. The van der Waals surface area contributed by atoms with Gasteiger partial charge in [-0.15, -0.1) is 0 Å². The molecule has 5 rings (SSSR count). The van der Waals surface area contributed by atoms with E-state index in [-0.39, 0.29) is 5.91 Å². The molecule has 0 bridgehead atoms. The van der Waals surface area contributed by atoms with Crippen molar-refractivity contribution < 1.29 is 4.79 Å². The third kappa shape index (κ3) is 3.47. The summed E-state index contributed by atoms with van der Waals surface area (Å²) in [5, 5.41) is 9.20. The molecule has 160 valence electrons. The van der Waals surface area contributed by atoms with E-state index in [2.05, 4.69) is 38.6 Å². The van der Waals surface area contributed by atoms with Gasteiger partial charge in [0.25, 0.3) is 0 Å². The zero-order valence-corrected chi connectivity index (χ0v) is 18.3. The summed E-state index contributed by atoms with van der Waals surface area (Å²) >= 11 is 6.53. The lowest BCUT2D eigenvalue weighted by atomic mass is 9.79. The van der Waals surface area contributed by atoms with Crippen LogP contribution in [-0.2, 0) is 17.6 Å². The first kappa shape index (κ1) is 20.0. The number of nitrogens with zero attached hydrogens (tertiary/aromatic N) is 5. The summed E-state index contributed by atoms with van der Waals surface area (Å²) in [7, 11) is 0. The fourth-order valence-electron chi connectivity index (χ4n) is 5.02. The molecule has 3 aromatic rings. The number of amides is 1. The molecule has 1 N–H and O–H groups in total. The molecular weight excluding hydrogens is 412 g/mol. The molecule has 1 fully saturated rings. The number of nitrogens with one attached hydrogen (secondary N) is 1. The smallest absolute Gasteiger partial charge is 0.246 e. The zero-order valence-electron chi connectivity index (χ0n) is 17.6. The van der Waals surface area contributed by atoms with Gasteiger partial charge >= 0.3 is 0 Å². The molecule has 0 unspecified atom stereocenters. The maximum Gasteiger partial charge on any atom is 0.246 e. The summed E-state index contributed by atoms with van der Waals surface area (Å²) in [5.41, 5.74) is 5.74. The van der Waals surface area contributed by atoms with Gasteiger partial charge in [-0.2, -0.15) is 5.10 Å². The third-order valence-corrected chi connectivity index (χ3v) is 7.05. The van der Waals surface area contributed by atoms with Crippen molar-refractivity contribution >= 4 is 34.2 Å². The quantitative estimate of drug-likeness (QED) is 0.636. The summed E-state index contributed by atoms with van der Waals surface area (Å²) < 4.78 is 0. The zero-order chi connectivity index (χ0) is 21.5. The Morgan fingerprint density at radius 1 is 1.29 bits per heavy atom. The molecule has 0 spiro atoms. The van der Waals surface area contributed by atoms with Gasteiger partial charge in [-0.1, -0.05) is 18.2 Å². The Labute approximate surface area is 186 Å². The minimum absolute atomic E-state index is 0.00494. The van der Waals surface area contributed by atoms with E-state index in [0.717, 1.165) is 65.4 Å². The molecule has 1 aliphatic heterocycles. The van der Waals surface area contributed by atoms with Gasteiger partial charge in [0, 0.05) is 47.8 Å². The summed E-state index contributed by atoms with van der Waals surface area (Å²) in [6.45, 7) is 8.60. The predicted octanol–water partition coefficient (Wildman–Crippen LogP) is 3.42. The third-order valence-electron chi connectivity index (χ3n) is 6.66. The second-order valence-electron chi connectivity index (χ2n) is 8.31. The molecule has 7 nitrogen and oxygen atoms in total. The lowest BCUT2D eigenvalue weighted by molar-refractivity contribution is -0.126. The van der Waals surface area contributed by atoms with Crippen LogP contribution in [0.1, 0.15) is 34.7 Å². The molecule has 0 radical (unpaired) electrons. The van der Waals surface area contributed by atoms with Gasteiger partial charge in [-0.3, -0.25) is 9.89 Å². The van der Waals surface area contributed by atoms with Crippen LogP contribution in [0.5, 0.6) is 0 Å². The van der Waals surface area contributed by atoms with Crippen LogP contribution in [0.25, 0.3) is 10.9 Å². The number of carbonyl (C=O) groups excluding carboxylic acids is 1. The highest BCUT2D eigenvalue weighted by atomic mass is 35.5. The van der Waals surface area contributed by atoms with Crippen molar-refractivity contribution in [2.45, 2.75) is 32.1 Å². The fraction of sp³-hybridized carbons (Fsp3) is 0.391. The van der Waals surface area contributed by atoms with Crippen molar-refractivity contribution in [1.82, 2.24) is 25.1 Å². The highest BCUT2D eigenvalue weighted by molar-refractivity contribution is 6.32. The van der Waals surface area contributed by atoms with Crippen molar-refractivity contribution in [2.24, 2.45) is 0 Å². The highest BCUT2D eigenvalue weighted by Crippen LogP contribution is 2.40. The van der Waals surface area contributed by atoms with E-state index in [1.807, 2.05) is 17.2 Å². The van der Waals surface area contributed by atoms with Crippen LogP contribution in [0.2, 0.25) is 5.02 Å². The van der Waals surface area contributed by atoms with Crippen LogP contribution in [0.4, 0.5) is 5.82 Å². The van der Waals surface area contributed by atoms with Gasteiger partial charge < -0.3 is 9.80 Å². The maximum absolute atomic E-state index is 11.9. The Kier molecular flexibility index (Phi) is 5.14. The number of piperazine rings is 1. The SMILES string of the molecule is C=CC(=O)N1CCN(c2ncnc3c2CC[C@H](c2c(C)c(Cl)cc4[nH]ncc24)C3)CC1. The number of aromatic amines is 1. The molecule has 8 heteroatoms. The van der Waals surface area contributed by atoms with Crippen molar-refractivity contribution in [1.29, 1.82) is 0 Å². The van der Waals surface area contributed by atoms with E-state index < -0.39 is 0 Å². The molecule has 1 aliphatic carbocycles. The second-order valence-corrected chi connectivity index (χ2v) is 8.71. The van der Waals surface area contributed by atoms with Crippen LogP contribution in [-0.4, -0.2) is 57.2 Å². The normalized spacial score (nSPS) is 18.8. The van der Waals surface area contributed by atoms with Gasteiger partial charge in [0.15, 0.2) is 0 Å². The topological polar surface area (TPSA) is 78.0 Å². The Hall–Kier alpha value is -2.93. The Morgan fingerprint density at radius 2 is 2.10 bits per heavy atom. The number of halogens is 1. The molecule has 1 saturated heterocycles. The van der Waals surface area contributed by atoms with Crippen LogP contribution in [0.15, 0.2) is 31.2 Å². The number of hydrogen-bond donors (Lipinski definition) is 1. The molecule has 1 aromatic carbocycles. The van der Waals surface area contributed by atoms with Crippen molar-refractivity contribution in [3.8, 4) is 0 Å². The number of benzene rings is 1. The van der Waals surface area contributed by atoms with Gasteiger partial charge in [0.05, 0.1) is 11.7 Å². The summed E-state index contributed by atoms with van der Waals surface area (Å²) in [5.74, 6) is 1.36. The Balaban J connectivity index is 1.42. The minimum Gasteiger partial charge on any atom is -0.353 e. The first-order chi connectivity index (χ1) is 15.1. The van der Waals surface area contributed by atoms with Gasteiger partial charge in [-0.25, -0.2) is 9.97 Å². The van der Waals surface area contributed by atoms with Gasteiger partial charge in [0.1, 0.15) is 12.1 Å². The first-order valence-corrected chi connectivity index (χ1v) is 11.1. The Morgan fingerprint density at radius 3 is 2.87 bits per heavy atom. The van der Waals surface area contributed by atoms with Crippen molar-refractivity contribution in [2.75, 3.05) is 31.1 Å². The monoisotopic (exact) mass is 436 g/mol. The largest absolute Gasteiger partial charge is 0.353 e. The molecular formula is C23H25ClN6O. The van der Waals surface area contributed by atoms with E-state index in [1.165, 1.54) is 17.2 Å². The molecule has 1 amide bonds. The first-order valence-electron chi connectivity index (χ1n) is 10.7. The number of anilines is 1. The predicted molar refractivity (Wildman–Crippen MR) is 122 cm³/mol. The molecule has 0 saturated carbocycles. The molecule has 2 aromatic heterocycles. The Bertz CT molecular complexity index is 1160. The lowest BCUT2D eigenvalue weighted by Gasteiger charge is -2.37. The van der Waals surface area contributed by atoms with Crippen LogP contribution in [0, 0.1) is 6.92 Å². The van der Waals surface area contributed by atoms with E-state index in [0.29, 0.717) is 19.0 Å². The van der Waals surface area contributed by atoms with E-state index in [4.69, 9.17) is 11.6 Å². The fourth-order valence-corrected chi connectivity index (χ4v) is 5.23. The number of rotatable bonds is 3. The van der Waals surface area contributed by atoms with Crippen LogP contribution < -0.4 is 4.90 Å². The highest BCUT2D eigenvalue weighted by Gasteiger charge is 2.30. The van der Waals surface area contributed by atoms with E-state index in [1.54, 1.807) is 6.33 Å².